The number of hydrogen-bond acceptors (Lipinski definition) is 4. The lowest BCUT2D eigenvalue weighted by Crippen LogP contribution is -2.41. The van der Waals surface area contributed by atoms with Gasteiger partial charge in [-0.25, -0.2) is 0 Å². The molecule has 1 saturated heterocycles. The molecule has 1 aliphatic heterocycles. The summed E-state index contributed by atoms with van der Waals surface area (Å²) in [5.74, 6) is 0.380. The molecular weight excluding hydrogens is 366 g/mol. The van der Waals surface area contributed by atoms with Gasteiger partial charge in [0.1, 0.15) is 0 Å². The topological polar surface area (TPSA) is 59.0 Å². The Morgan fingerprint density at radius 2 is 1.86 bits per heavy atom. The zero-order valence-corrected chi connectivity index (χ0v) is 17.8. The van der Waals surface area contributed by atoms with Crippen molar-refractivity contribution in [3.8, 4) is 11.5 Å². The van der Waals surface area contributed by atoms with Crippen LogP contribution in [0.25, 0.3) is 0 Å². The van der Waals surface area contributed by atoms with Gasteiger partial charge in [0.2, 0.25) is 0 Å². The van der Waals surface area contributed by atoms with Crippen molar-refractivity contribution in [3.05, 3.63) is 58.7 Å². The summed E-state index contributed by atoms with van der Waals surface area (Å²) < 4.78 is 11.3. The highest BCUT2D eigenvalue weighted by molar-refractivity contribution is 5.70. The number of carboxylic acid groups (broad SMARTS) is 1. The van der Waals surface area contributed by atoms with Gasteiger partial charge in [0.25, 0.3) is 0 Å². The molecule has 1 N–H and O–H groups in total. The maximum absolute atomic E-state index is 11.7. The summed E-state index contributed by atoms with van der Waals surface area (Å²) in [5, 5.41) is 9.59. The molecule has 2 unspecified atom stereocenters. The first-order chi connectivity index (χ1) is 13.9. The number of carbonyl (C=O) groups is 1. The maximum atomic E-state index is 11.7. The first kappa shape index (κ1) is 21.2. The van der Waals surface area contributed by atoms with Crippen molar-refractivity contribution in [1.29, 1.82) is 0 Å². The van der Waals surface area contributed by atoms with E-state index in [0.717, 1.165) is 24.9 Å². The van der Waals surface area contributed by atoms with Crippen LogP contribution < -0.4 is 9.47 Å². The minimum atomic E-state index is -0.710. The van der Waals surface area contributed by atoms with E-state index >= 15 is 0 Å². The number of hydrogen-bond donors (Lipinski definition) is 1. The number of ether oxygens (including phenoxy) is 2. The summed E-state index contributed by atoms with van der Waals surface area (Å²) in [5.41, 5.74) is 4.68. The molecule has 0 bridgehead atoms. The Morgan fingerprint density at radius 3 is 2.48 bits per heavy atom. The van der Waals surface area contributed by atoms with Crippen LogP contribution in [0, 0.1) is 19.8 Å². The van der Waals surface area contributed by atoms with E-state index in [4.69, 9.17) is 9.47 Å². The molecular formula is C24H31NO4. The fraction of sp³-hybridized carbons (Fsp3) is 0.458. The highest BCUT2D eigenvalue weighted by Gasteiger charge is 2.32. The lowest BCUT2D eigenvalue weighted by Gasteiger charge is -2.38. The van der Waals surface area contributed by atoms with Crippen LogP contribution in [0.2, 0.25) is 0 Å². The Bertz CT molecular complexity index is 844. The third kappa shape index (κ3) is 4.91. The second kappa shape index (κ2) is 9.31. The SMILES string of the molecule is CCOc1cc(C(c2cc(C)cc(C)c2)N2CCCC(C(=O)O)C2)ccc1OC. The number of methoxy groups -OCH3 is 1. The second-order valence-electron chi connectivity index (χ2n) is 7.84. The van der Waals surface area contributed by atoms with E-state index in [0.29, 0.717) is 24.7 Å². The number of aliphatic carboxylic acids is 1. The second-order valence-corrected chi connectivity index (χ2v) is 7.84. The highest BCUT2D eigenvalue weighted by Crippen LogP contribution is 2.37. The molecule has 1 heterocycles. The monoisotopic (exact) mass is 397 g/mol. The Kier molecular flexibility index (Phi) is 6.80. The Labute approximate surface area is 173 Å². The summed E-state index contributed by atoms with van der Waals surface area (Å²) in [6.07, 6.45) is 1.62. The summed E-state index contributed by atoms with van der Waals surface area (Å²) >= 11 is 0. The molecule has 2 aromatic carbocycles. The molecule has 0 radical (unpaired) electrons. The number of piperidine rings is 1. The summed E-state index contributed by atoms with van der Waals surface area (Å²) in [4.78, 5) is 14.0. The van der Waals surface area contributed by atoms with E-state index in [1.165, 1.54) is 16.7 Å². The fourth-order valence-corrected chi connectivity index (χ4v) is 4.36. The molecule has 5 heteroatoms. The van der Waals surface area contributed by atoms with Crippen molar-refractivity contribution < 1.29 is 19.4 Å². The van der Waals surface area contributed by atoms with Gasteiger partial charge in [-0.2, -0.15) is 0 Å². The molecule has 0 aliphatic carbocycles. The fourth-order valence-electron chi connectivity index (χ4n) is 4.36. The van der Waals surface area contributed by atoms with Gasteiger partial charge < -0.3 is 14.6 Å². The van der Waals surface area contributed by atoms with Gasteiger partial charge in [-0.3, -0.25) is 9.69 Å². The van der Waals surface area contributed by atoms with E-state index in [1.54, 1.807) is 7.11 Å². The Morgan fingerprint density at radius 1 is 1.14 bits per heavy atom. The van der Waals surface area contributed by atoms with E-state index in [1.807, 2.05) is 19.1 Å². The van der Waals surface area contributed by atoms with Crippen LogP contribution >= 0.6 is 0 Å². The molecule has 1 aliphatic rings. The number of aryl methyl sites for hydroxylation is 2. The molecule has 1 fully saturated rings. The lowest BCUT2D eigenvalue weighted by atomic mass is 9.90. The van der Waals surface area contributed by atoms with Crippen molar-refractivity contribution >= 4 is 5.97 Å². The van der Waals surface area contributed by atoms with Crippen LogP contribution in [0.15, 0.2) is 36.4 Å². The first-order valence-corrected chi connectivity index (χ1v) is 10.3. The third-order valence-corrected chi connectivity index (χ3v) is 5.53. The zero-order chi connectivity index (χ0) is 21.0. The minimum absolute atomic E-state index is 0.0270. The number of rotatable bonds is 7. The van der Waals surface area contributed by atoms with E-state index in [9.17, 15) is 9.90 Å². The van der Waals surface area contributed by atoms with Crippen molar-refractivity contribution in [1.82, 2.24) is 4.90 Å². The summed E-state index contributed by atoms with van der Waals surface area (Å²) in [6.45, 7) is 8.13. The van der Waals surface area contributed by atoms with Crippen LogP contribution in [-0.4, -0.2) is 42.8 Å². The van der Waals surface area contributed by atoms with Gasteiger partial charge in [-0.1, -0.05) is 35.4 Å². The maximum Gasteiger partial charge on any atom is 0.307 e. The van der Waals surface area contributed by atoms with Gasteiger partial charge >= 0.3 is 5.97 Å². The summed E-state index contributed by atoms with van der Waals surface area (Å²) in [6, 6.07) is 12.6. The lowest BCUT2D eigenvalue weighted by molar-refractivity contribution is -0.143. The van der Waals surface area contributed by atoms with Gasteiger partial charge in [0, 0.05) is 6.54 Å². The van der Waals surface area contributed by atoms with Crippen molar-refractivity contribution in [2.75, 3.05) is 26.8 Å². The van der Waals surface area contributed by atoms with Crippen LogP contribution in [0.4, 0.5) is 0 Å². The normalized spacial score (nSPS) is 18.3. The molecule has 0 amide bonds. The predicted octanol–water partition coefficient (Wildman–Crippen LogP) is 4.60. The van der Waals surface area contributed by atoms with E-state index in [-0.39, 0.29) is 12.0 Å². The third-order valence-electron chi connectivity index (χ3n) is 5.53. The molecule has 0 spiro atoms. The van der Waals surface area contributed by atoms with Crippen molar-refractivity contribution in [2.24, 2.45) is 5.92 Å². The van der Waals surface area contributed by atoms with Crippen LogP contribution in [0.3, 0.4) is 0 Å². The molecule has 5 nitrogen and oxygen atoms in total. The van der Waals surface area contributed by atoms with Gasteiger partial charge in [-0.05, 0) is 63.4 Å². The molecule has 3 rings (SSSR count). The molecule has 2 atom stereocenters. The molecule has 156 valence electrons. The largest absolute Gasteiger partial charge is 0.493 e. The Balaban J connectivity index is 2.08. The van der Waals surface area contributed by atoms with Crippen molar-refractivity contribution in [2.45, 2.75) is 39.7 Å². The molecule has 29 heavy (non-hydrogen) atoms. The Hall–Kier alpha value is -2.53. The highest BCUT2D eigenvalue weighted by atomic mass is 16.5. The summed E-state index contributed by atoms with van der Waals surface area (Å²) in [7, 11) is 1.64. The number of benzene rings is 2. The smallest absolute Gasteiger partial charge is 0.307 e. The molecule has 0 aromatic heterocycles. The average molecular weight is 398 g/mol. The van der Waals surface area contributed by atoms with E-state index < -0.39 is 5.97 Å². The van der Waals surface area contributed by atoms with Crippen LogP contribution in [0.5, 0.6) is 11.5 Å². The van der Waals surface area contributed by atoms with E-state index in [2.05, 4.69) is 43.0 Å². The predicted molar refractivity (Wildman–Crippen MR) is 114 cm³/mol. The number of nitrogens with zero attached hydrogens (tertiary/aromatic N) is 1. The van der Waals surface area contributed by atoms with Gasteiger partial charge in [0.05, 0.1) is 25.7 Å². The molecule has 2 aromatic rings. The standard InChI is InChI=1S/C24H31NO4/c1-5-29-22-14-18(8-9-21(22)28-4)23(20-12-16(2)11-17(3)13-20)25-10-6-7-19(15-25)24(26)27/h8-9,11-14,19,23H,5-7,10,15H2,1-4H3,(H,26,27). The van der Waals surface area contributed by atoms with Gasteiger partial charge in [-0.15, -0.1) is 0 Å². The average Bonchev–Trinajstić information content (AvgIpc) is 2.68. The van der Waals surface area contributed by atoms with Gasteiger partial charge in [0.15, 0.2) is 11.5 Å². The first-order valence-electron chi connectivity index (χ1n) is 10.3. The zero-order valence-electron chi connectivity index (χ0n) is 17.8. The number of carboxylic acids is 1. The molecule has 0 saturated carbocycles. The van der Waals surface area contributed by atoms with Crippen LogP contribution in [-0.2, 0) is 4.79 Å². The number of likely N-dealkylation sites (tertiary alicyclic amines) is 1. The minimum Gasteiger partial charge on any atom is -0.493 e. The quantitative estimate of drug-likeness (QED) is 0.740. The van der Waals surface area contributed by atoms with Crippen LogP contribution in [0.1, 0.15) is 48.1 Å². The van der Waals surface area contributed by atoms with Crippen molar-refractivity contribution in [3.63, 3.8) is 0 Å².